The van der Waals surface area contributed by atoms with Gasteiger partial charge in [0.25, 0.3) is 0 Å². The van der Waals surface area contributed by atoms with Gasteiger partial charge in [-0.25, -0.2) is 9.37 Å². The second-order valence-electron chi connectivity index (χ2n) is 24.8. The number of pyridine rings is 1. The molecule has 8 aromatic carbocycles. The van der Waals surface area contributed by atoms with Crippen molar-refractivity contribution in [3.8, 4) is 73.2 Å². The summed E-state index contributed by atoms with van der Waals surface area (Å²) in [4.78, 5) is 10.6. The number of para-hydroxylation sites is 3. The van der Waals surface area contributed by atoms with E-state index in [2.05, 4.69) is 232 Å². The van der Waals surface area contributed by atoms with E-state index < -0.39 is 5.82 Å². The van der Waals surface area contributed by atoms with E-state index in [-0.39, 0.29) is 27.4 Å². The largest absolute Gasteiger partial charge is 0.507 e. The van der Waals surface area contributed by atoms with E-state index in [9.17, 15) is 5.11 Å². The van der Waals surface area contributed by atoms with Gasteiger partial charge in [0.05, 0.1) is 39.0 Å². The Balaban J connectivity index is 1.12. The van der Waals surface area contributed by atoms with E-state index in [0.717, 1.165) is 78.1 Å². The molecule has 11 aromatic rings. The first-order valence-corrected chi connectivity index (χ1v) is 26.5. The van der Waals surface area contributed by atoms with Crippen LogP contribution in [0.1, 0.15) is 105 Å². The predicted molar refractivity (Wildman–Crippen MR) is 317 cm³/mol. The molecule has 3 heterocycles. The molecule has 1 N–H and O–H groups in total. The van der Waals surface area contributed by atoms with Crippen LogP contribution in [0.5, 0.6) is 5.75 Å². The van der Waals surface area contributed by atoms with Crippen LogP contribution in [-0.4, -0.2) is 24.2 Å². The van der Waals surface area contributed by atoms with Gasteiger partial charge in [-0.1, -0.05) is 180 Å². The smallest absolute Gasteiger partial charge is 0.149 e. The van der Waals surface area contributed by atoms with Crippen LogP contribution in [0.25, 0.3) is 100 Å². The maximum atomic E-state index is 15.4. The zero-order valence-electron chi connectivity index (χ0n) is 45.9. The van der Waals surface area contributed by atoms with Crippen molar-refractivity contribution in [1.82, 2.24) is 19.1 Å². The van der Waals surface area contributed by atoms with Crippen LogP contribution in [0.3, 0.4) is 0 Å². The third-order valence-corrected chi connectivity index (χ3v) is 15.2. The second-order valence-corrected chi connectivity index (χ2v) is 24.8. The van der Waals surface area contributed by atoms with E-state index in [4.69, 9.17) is 9.97 Å². The summed E-state index contributed by atoms with van der Waals surface area (Å²) in [5.74, 6) is -0.0791. The molecule has 0 spiro atoms. The van der Waals surface area contributed by atoms with Crippen LogP contribution in [0.2, 0.25) is 0 Å². The quantitative estimate of drug-likeness (QED) is 0.173. The molecule has 0 saturated heterocycles. The molecule has 0 unspecified atom stereocenters. The van der Waals surface area contributed by atoms with Gasteiger partial charge in [0, 0.05) is 44.9 Å². The number of fused-ring (bicyclic) bond motifs is 4. The molecule has 6 heteroatoms. The SMILES string of the molecule is CC(C)(C)c1cc(-c2cc(-c3cccc4c5ccccc5n(-c5cc(C(C)(C)C)cc(C(C)(C)C)c5)c34)ccn2)cc(-c2cccc3c2nc(-c2cc(F)ccc2O)n3-c2ccc(C(C)(C)C)cc2-c2ccccc2)c1. The van der Waals surface area contributed by atoms with Gasteiger partial charge in [-0.3, -0.25) is 9.55 Å². The topological polar surface area (TPSA) is 55.9 Å². The third-order valence-electron chi connectivity index (χ3n) is 15.2. The number of hydrogen-bond acceptors (Lipinski definition) is 3. The Kier molecular flexibility index (Phi) is 12.1. The van der Waals surface area contributed by atoms with E-state index >= 15 is 4.39 Å². The number of halogens is 1. The Labute approximate surface area is 447 Å². The molecule has 380 valence electrons. The lowest BCUT2D eigenvalue weighted by molar-refractivity contribution is 0.474. The normalized spacial score (nSPS) is 12.6. The van der Waals surface area contributed by atoms with Crippen molar-refractivity contribution in [2.45, 2.75) is 105 Å². The number of hydrogen-bond donors (Lipinski definition) is 1. The van der Waals surface area contributed by atoms with Gasteiger partial charge in [0.2, 0.25) is 0 Å². The number of phenolic OH excluding ortho intramolecular Hbond substituents is 1. The first-order valence-electron chi connectivity index (χ1n) is 26.5. The molecule has 0 amide bonds. The molecule has 0 aliphatic rings. The summed E-state index contributed by atoms with van der Waals surface area (Å²) in [7, 11) is 0. The summed E-state index contributed by atoms with van der Waals surface area (Å²) < 4.78 is 19.9. The Bertz CT molecular complexity index is 4020. The number of rotatable bonds is 7. The summed E-state index contributed by atoms with van der Waals surface area (Å²) >= 11 is 0. The Morgan fingerprint density at radius 1 is 0.421 bits per heavy atom. The first-order chi connectivity index (χ1) is 36.0. The maximum Gasteiger partial charge on any atom is 0.149 e. The molecule has 0 aliphatic carbocycles. The summed E-state index contributed by atoms with van der Waals surface area (Å²) in [6.07, 6.45) is 1.94. The minimum absolute atomic E-state index is 0.0551. The van der Waals surface area contributed by atoms with Gasteiger partial charge in [0.15, 0.2) is 0 Å². The van der Waals surface area contributed by atoms with Crippen molar-refractivity contribution in [1.29, 1.82) is 0 Å². The van der Waals surface area contributed by atoms with E-state index in [1.165, 1.54) is 51.2 Å². The Morgan fingerprint density at radius 3 is 1.75 bits per heavy atom. The van der Waals surface area contributed by atoms with Crippen molar-refractivity contribution in [2.24, 2.45) is 0 Å². The van der Waals surface area contributed by atoms with Gasteiger partial charge in [0.1, 0.15) is 17.4 Å². The van der Waals surface area contributed by atoms with E-state index in [1.54, 1.807) is 0 Å². The molecule has 0 fully saturated rings. The molecule has 0 atom stereocenters. The van der Waals surface area contributed by atoms with Crippen LogP contribution in [-0.2, 0) is 21.7 Å². The van der Waals surface area contributed by atoms with Crippen LogP contribution in [0.15, 0.2) is 182 Å². The van der Waals surface area contributed by atoms with Crippen molar-refractivity contribution in [3.05, 3.63) is 210 Å². The van der Waals surface area contributed by atoms with Crippen molar-refractivity contribution in [2.75, 3.05) is 0 Å². The highest BCUT2D eigenvalue weighted by molar-refractivity contribution is 6.14. The number of phenols is 1. The summed E-state index contributed by atoms with van der Waals surface area (Å²) in [6, 6.07) is 61.0. The van der Waals surface area contributed by atoms with Gasteiger partial charge in [-0.2, -0.15) is 0 Å². The zero-order chi connectivity index (χ0) is 53.6. The number of aromatic hydroxyl groups is 1. The molecule has 0 bridgehead atoms. The molecule has 76 heavy (non-hydrogen) atoms. The number of imidazole rings is 1. The minimum Gasteiger partial charge on any atom is -0.507 e. The minimum atomic E-state index is -0.461. The number of aromatic nitrogens is 4. The summed E-state index contributed by atoms with van der Waals surface area (Å²) in [6.45, 7) is 27.2. The lowest BCUT2D eigenvalue weighted by Crippen LogP contribution is -2.17. The standard InChI is InChI=1S/C70H67FN4O/c1-67(2,3)47-28-30-61(57(41-47)43-20-14-13-15-21-43)75-62-27-19-23-53(64(62)73-66(75)58-42-51(71)29-31-63(58)76)45-34-46(36-48(35-45)68(4,5)6)59-37-44(32-33-72-59)54-24-18-25-56-55-22-16-17-26-60(55)74(65(54)56)52-39-49(69(7,8)9)38-50(40-52)70(10,11)12/h13-42,76H,1-12H3. The molecule has 3 aromatic heterocycles. The lowest BCUT2D eigenvalue weighted by atomic mass is 9.80. The second kappa shape index (κ2) is 18.3. The highest BCUT2D eigenvalue weighted by Crippen LogP contribution is 2.45. The van der Waals surface area contributed by atoms with Crippen molar-refractivity contribution < 1.29 is 9.50 Å². The summed E-state index contributed by atoms with van der Waals surface area (Å²) in [5.41, 5.74) is 18.6. The molecular weight excluding hydrogens is 932 g/mol. The maximum absolute atomic E-state index is 15.4. The van der Waals surface area contributed by atoms with E-state index in [0.29, 0.717) is 11.4 Å². The third kappa shape index (κ3) is 9.08. The Hall–Kier alpha value is -8.09. The van der Waals surface area contributed by atoms with Crippen LogP contribution >= 0.6 is 0 Å². The lowest BCUT2D eigenvalue weighted by Gasteiger charge is -2.27. The predicted octanol–water partition coefficient (Wildman–Crippen LogP) is 18.9. The van der Waals surface area contributed by atoms with Gasteiger partial charge >= 0.3 is 0 Å². The van der Waals surface area contributed by atoms with Gasteiger partial charge < -0.3 is 9.67 Å². The monoisotopic (exact) mass is 999 g/mol. The molecule has 5 nitrogen and oxygen atoms in total. The fourth-order valence-corrected chi connectivity index (χ4v) is 10.7. The van der Waals surface area contributed by atoms with Gasteiger partial charge in [-0.05, 0) is 139 Å². The fourth-order valence-electron chi connectivity index (χ4n) is 10.7. The van der Waals surface area contributed by atoms with E-state index in [1.807, 2.05) is 24.4 Å². The Morgan fingerprint density at radius 2 is 1.04 bits per heavy atom. The average Bonchev–Trinajstić information content (AvgIpc) is 3.96. The van der Waals surface area contributed by atoms with Gasteiger partial charge in [-0.15, -0.1) is 0 Å². The fraction of sp³-hybridized carbons (Fsp3) is 0.229. The van der Waals surface area contributed by atoms with Crippen LogP contribution < -0.4 is 0 Å². The van der Waals surface area contributed by atoms with Crippen LogP contribution in [0.4, 0.5) is 4.39 Å². The summed E-state index contributed by atoms with van der Waals surface area (Å²) in [5, 5.41) is 13.9. The number of benzene rings is 8. The molecule has 0 radical (unpaired) electrons. The molecule has 11 rings (SSSR count). The average molecular weight is 999 g/mol. The van der Waals surface area contributed by atoms with Crippen molar-refractivity contribution >= 4 is 32.8 Å². The highest BCUT2D eigenvalue weighted by atomic mass is 19.1. The molecular formula is C70H67FN4O. The number of nitrogens with zero attached hydrogens (tertiary/aromatic N) is 4. The molecule has 0 saturated carbocycles. The highest BCUT2D eigenvalue weighted by Gasteiger charge is 2.27. The first kappa shape index (κ1) is 50.1. The molecule has 0 aliphatic heterocycles. The van der Waals surface area contributed by atoms with Crippen LogP contribution in [0, 0.1) is 5.82 Å². The zero-order valence-corrected chi connectivity index (χ0v) is 45.9. The van der Waals surface area contributed by atoms with Crippen molar-refractivity contribution in [3.63, 3.8) is 0 Å².